The third kappa shape index (κ3) is 6.22. The molecule has 1 aliphatic rings. The Bertz CT molecular complexity index is 326. The maximum Gasteiger partial charge on any atom is 0.303 e. The minimum Gasteiger partial charge on any atom is -0.481 e. The van der Waals surface area contributed by atoms with E-state index in [0.29, 0.717) is 25.3 Å². The van der Waals surface area contributed by atoms with Crippen LogP contribution in [0.4, 0.5) is 0 Å². The molecule has 1 saturated carbocycles. The van der Waals surface area contributed by atoms with Crippen molar-refractivity contribution in [1.29, 1.82) is 0 Å². The summed E-state index contributed by atoms with van der Waals surface area (Å²) in [7, 11) is 1.59. The van der Waals surface area contributed by atoms with E-state index in [0.717, 1.165) is 12.8 Å². The number of carboxylic acid groups (broad SMARTS) is 1. The third-order valence-corrected chi connectivity index (χ3v) is 2.78. The molecule has 0 aromatic heterocycles. The van der Waals surface area contributed by atoms with Gasteiger partial charge < -0.3 is 15.3 Å². The lowest BCUT2D eigenvalue weighted by molar-refractivity contribution is -0.137. The van der Waals surface area contributed by atoms with Gasteiger partial charge in [0.05, 0.1) is 6.54 Å². The number of nitrogens with zero attached hydrogens (tertiary/aromatic N) is 1. The van der Waals surface area contributed by atoms with Gasteiger partial charge in [-0.2, -0.15) is 0 Å². The second-order valence-electron chi connectivity index (χ2n) is 4.69. The fourth-order valence-electron chi connectivity index (χ4n) is 1.55. The highest BCUT2D eigenvalue weighted by molar-refractivity contribution is 5.84. The van der Waals surface area contributed by atoms with E-state index in [1.54, 1.807) is 7.05 Å². The van der Waals surface area contributed by atoms with Gasteiger partial charge >= 0.3 is 5.97 Å². The number of aliphatic carboxylic acids is 1. The lowest BCUT2D eigenvalue weighted by Gasteiger charge is -2.16. The van der Waals surface area contributed by atoms with E-state index in [4.69, 9.17) is 5.11 Å². The lowest BCUT2D eigenvalue weighted by atomic mass is 10.2. The number of unbranched alkanes of at least 4 members (excludes halogenated alkanes) is 1. The summed E-state index contributed by atoms with van der Waals surface area (Å²) in [4.78, 5) is 34.7. The highest BCUT2D eigenvalue weighted by Crippen LogP contribution is 2.18. The SMILES string of the molecule is CN(CC(=O)NC1CC1)C(=O)CCCCC(=O)O. The Morgan fingerprint density at radius 3 is 2.39 bits per heavy atom. The second kappa shape index (κ2) is 6.98. The van der Waals surface area contributed by atoms with Gasteiger partial charge in [0.25, 0.3) is 0 Å². The first-order valence-corrected chi connectivity index (χ1v) is 6.24. The number of likely N-dealkylation sites (N-methyl/N-ethyl adjacent to an activating group) is 1. The van der Waals surface area contributed by atoms with Crippen molar-refractivity contribution < 1.29 is 19.5 Å². The second-order valence-corrected chi connectivity index (χ2v) is 4.69. The summed E-state index contributed by atoms with van der Waals surface area (Å²) in [5, 5.41) is 11.3. The summed E-state index contributed by atoms with van der Waals surface area (Å²) in [6.45, 7) is 0.0776. The number of amides is 2. The summed E-state index contributed by atoms with van der Waals surface area (Å²) in [5.41, 5.74) is 0. The van der Waals surface area contributed by atoms with Gasteiger partial charge in [0, 0.05) is 25.9 Å². The van der Waals surface area contributed by atoms with Gasteiger partial charge in [-0.05, 0) is 25.7 Å². The summed E-state index contributed by atoms with van der Waals surface area (Å²) in [5.74, 6) is -1.09. The molecule has 2 N–H and O–H groups in total. The highest BCUT2D eigenvalue weighted by Gasteiger charge is 2.24. The average molecular weight is 256 g/mol. The Morgan fingerprint density at radius 2 is 1.83 bits per heavy atom. The largest absolute Gasteiger partial charge is 0.481 e. The molecule has 0 aliphatic heterocycles. The third-order valence-electron chi connectivity index (χ3n) is 2.78. The van der Waals surface area contributed by atoms with Crippen molar-refractivity contribution in [3.05, 3.63) is 0 Å². The van der Waals surface area contributed by atoms with Crippen LogP contribution in [-0.2, 0) is 14.4 Å². The first-order valence-electron chi connectivity index (χ1n) is 6.24. The fourth-order valence-corrected chi connectivity index (χ4v) is 1.55. The van der Waals surface area contributed by atoms with Crippen LogP contribution in [0.15, 0.2) is 0 Å². The summed E-state index contributed by atoms with van der Waals surface area (Å²) < 4.78 is 0. The van der Waals surface area contributed by atoms with Crippen molar-refractivity contribution in [3.63, 3.8) is 0 Å². The molecule has 0 aromatic carbocycles. The van der Waals surface area contributed by atoms with Crippen molar-refractivity contribution in [2.24, 2.45) is 0 Å². The van der Waals surface area contributed by atoms with Crippen molar-refractivity contribution >= 4 is 17.8 Å². The molecular weight excluding hydrogens is 236 g/mol. The van der Waals surface area contributed by atoms with Crippen LogP contribution < -0.4 is 5.32 Å². The van der Waals surface area contributed by atoms with Gasteiger partial charge in [-0.25, -0.2) is 0 Å². The number of hydrogen-bond acceptors (Lipinski definition) is 3. The van der Waals surface area contributed by atoms with Crippen LogP contribution in [0.5, 0.6) is 0 Å². The molecule has 1 fully saturated rings. The predicted octanol–water partition coefficient (Wildman–Crippen LogP) is 0.368. The summed E-state index contributed by atoms with van der Waals surface area (Å²) in [6.07, 6.45) is 3.46. The van der Waals surface area contributed by atoms with E-state index >= 15 is 0 Å². The van der Waals surface area contributed by atoms with Gasteiger partial charge in [0.1, 0.15) is 0 Å². The minimum atomic E-state index is -0.848. The lowest BCUT2D eigenvalue weighted by Crippen LogP contribution is -2.39. The fraction of sp³-hybridized carbons (Fsp3) is 0.750. The molecule has 0 saturated heterocycles. The Hall–Kier alpha value is -1.59. The molecular formula is C12H20N2O4. The molecule has 0 unspecified atom stereocenters. The first kappa shape index (κ1) is 14.5. The normalized spacial score (nSPS) is 14.1. The van der Waals surface area contributed by atoms with Crippen molar-refractivity contribution in [2.45, 2.75) is 44.6 Å². The molecule has 18 heavy (non-hydrogen) atoms. The molecule has 6 nitrogen and oxygen atoms in total. The zero-order valence-electron chi connectivity index (χ0n) is 10.6. The summed E-state index contributed by atoms with van der Waals surface area (Å²) in [6, 6.07) is 0.302. The standard InChI is InChI=1S/C12H20N2O4/c1-14(8-10(15)13-9-6-7-9)11(16)4-2-3-5-12(17)18/h9H,2-8H2,1H3,(H,13,15)(H,17,18). The van der Waals surface area contributed by atoms with Crippen molar-refractivity contribution in [1.82, 2.24) is 10.2 Å². The van der Waals surface area contributed by atoms with Crippen LogP contribution in [0.3, 0.4) is 0 Å². The van der Waals surface area contributed by atoms with Gasteiger partial charge in [-0.3, -0.25) is 14.4 Å². The van der Waals surface area contributed by atoms with Crippen LogP contribution in [0.2, 0.25) is 0 Å². The molecule has 2 amide bonds. The number of rotatable bonds is 8. The molecule has 1 rings (SSSR count). The maximum absolute atomic E-state index is 11.6. The monoisotopic (exact) mass is 256 g/mol. The minimum absolute atomic E-state index is 0.0776. The van der Waals surface area contributed by atoms with Gasteiger partial charge in [0.2, 0.25) is 11.8 Å². The Morgan fingerprint density at radius 1 is 1.22 bits per heavy atom. The number of nitrogens with one attached hydrogen (secondary N) is 1. The molecule has 6 heteroatoms. The maximum atomic E-state index is 11.6. The van der Waals surface area contributed by atoms with Crippen LogP contribution >= 0.6 is 0 Å². The van der Waals surface area contributed by atoms with Crippen LogP contribution in [-0.4, -0.2) is 47.4 Å². The molecule has 0 atom stereocenters. The quantitative estimate of drug-likeness (QED) is 0.614. The van der Waals surface area contributed by atoms with E-state index in [1.807, 2.05) is 0 Å². The van der Waals surface area contributed by atoms with Gasteiger partial charge in [0.15, 0.2) is 0 Å². The predicted molar refractivity (Wildman–Crippen MR) is 64.9 cm³/mol. The smallest absolute Gasteiger partial charge is 0.303 e. The molecule has 1 aliphatic carbocycles. The Labute approximate surface area is 106 Å². The van der Waals surface area contributed by atoms with Gasteiger partial charge in [-0.15, -0.1) is 0 Å². The number of carbonyl (C=O) groups is 3. The molecule has 0 bridgehead atoms. The molecule has 0 aromatic rings. The van der Waals surface area contributed by atoms with Crippen molar-refractivity contribution in [3.8, 4) is 0 Å². The van der Waals surface area contributed by atoms with Gasteiger partial charge in [-0.1, -0.05) is 0 Å². The number of hydrogen-bond donors (Lipinski definition) is 2. The topological polar surface area (TPSA) is 86.7 Å². The average Bonchev–Trinajstić information content (AvgIpc) is 3.07. The van der Waals surface area contributed by atoms with E-state index in [2.05, 4.69) is 5.32 Å². The van der Waals surface area contributed by atoms with Crippen LogP contribution in [0.25, 0.3) is 0 Å². The zero-order valence-corrected chi connectivity index (χ0v) is 10.6. The number of carboxylic acids is 1. The van der Waals surface area contributed by atoms with Crippen LogP contribution in [0.1, 0.15) is 38.5 Å². The molecule has 0 heterocycles. The Kier molecular flexibility index (Phi) is 5.61. The zero-order chi connectivity index (χ0) is 13.5. The van der Waals surface area contributed by atoms with E-state index in [9.17, 15) is 14.4 Å². The van der Waals surface area contributed by atoms with Crippen LogP contribution in [0, 0.1) is 0 Å². The number of carbonyl (C=O) groups excluding carboxylic acids is 2. The molecule has 102 valence electrons. The molecule has 0 radical (unpaired) electrons. The van der Waals surface area contributed by atoms with E-state index < -0.39 is 5.97 Å². The summed E-state index contributed by atoms with van der Waals surface area (Å²) >= 11 is 0. The van der Waals surface area contributed by atoms with E-state index in [-0.39, 0.29) is 24.8 Å². The molecule has 0 spiro atoms. The van der Waals surface area contributed by atoms with E-state index in [1.165, 1.54) is 4.90 Å². The first-order chi connectivity index (χ1) is 8.49. The highest BCUT2D eigenvalue weighted by atomic mass is 16.4. The van der Waals surface area contributed by atoms with Crippen molar-refractivity contribution in [2.75, 3.05) is 13.6 Å². The Balaban J connectivity index is 2.11.